The maximum Gasteiger partial charge on any atom is 0.238 e. The van der Waals surface area contributed by atoms with Crippen LogP contribution in [0.2, 0.25) is 0 Å². The van der Waals surface area contributed by atoms with Crippen LogP contribution in [0, 0.1) is 11.8 Å². The van der Waals surface area contributed by atoms with Crippen LogP contribution in [0.5, 0.6) is 5.75 Å². The summed E-state index contributed by atoms with van der Waals surface area (Å²) < 4.78 is 30.1. The quantitative estimate of drug-likeness (QED) is 0.341. The van der Waals surface area contributed by atoms with Crippen LogP contribution < -0.4 is 15.6 Å². The van der Waals surface area contributed by atoms with Crippen LogP contribution in [0.15, 0.2) is 77.8 Å². The zero-order valence-electron chi connectivity index (χ0n) is 20.6. The zero-order chi connectivity index (χ0) is 26.2. The van der Waals surface area contributed by atoms with Gasteiger partial charge in [0.2, 0.25) is 10.0 Å². The minimum atomic E-state index is -3.86. The standard InChI is InChI=1S/C29H29N3O4S/c1-18(17-36-23-10-8-19-12-13-32-29(30)26(19)16-23)6-7-21-15-22-14-20(9-11-25(22)28(21)33)24-4-2-3-5-27(24)37(31,34)35/h2-5,8-14,16,18,21H,6-7,15,17H2,1H3,(H2,30,32)(H2,31,34,35). The number of rotatable bonds is 8. The van der Waals surface area contributed by atoms with Gasteiger partial charge in [-0.3, -0.25) is 4.79 Å². The summed E-state index contributed by atoms with van der Waals surface area (Å²) >= 11 is 0. The molecule has 0 amide bonds. The van der Waals surface area contributed by atoms with E-state index in [1.165, 1.54) is 6.07 Å². The van der Waals surface area contributed by atoms with Gasteiger partial charge >= 0.3 is 0 Å². The predicted octanol–water partition coefficient (Wildman–Crippen LogP) is 4.98. The van der Waals surface area contributed by atoms with Crippen molar-refractivity contribution in [3.63, 3.8) is 0 Å². The summed E-state index contributed by atoms with van der Waals surface area (Å²) in [6, 6.07) is 19.9. The Labute approximate surface area is 216 Å². The number of nitrogen functional groups attached to an aromatic ring is 1. The summed E-state index contributed by atoms with van der Waals surface area (Å²) in [6.07, 6.45) is 3.94. The van der Waals surface area contributed by atoms with Gasteiger partial charge in [0.05, 0.1) is 11.5 Å². The van der Waals surface area contributed by atoms with Gasteiger partial charge in [0, 0.05) is 28.6 Å². The number of pyridine rings is 1. The maximum atomic E-state index is 13.1. The van der Waals surface area contributed by atoms with Gasteiger partial charge < -0.3 is 10.5 Å². The van der Waals surface area contributed by atoms with Gasteiger partial charge in [0.25, 0.3) is 0 Å². The van der Waals surface area contributed by atoms with Gasteiger partial charge in [-0.25, -0.2) is 18.5 Å². The number of hydrogen-bond acceptors (Lipinski definition) is 6. The molecule has 190 valence electrons. The topological polar surface area (TPSA) is 125 Å². The number of ether oxygens (including phenoxy) is 1. The number of primary sulfonamides is 1. The number of carbonyl (C=O) groups is 1. The van der Waals surface area contributed by atoms with Gasteiger partial charge in [-0.05, 0) is 66.0 Å². The molecular weight excluding hydrogens is 486 g/mol. The van der Waals surface area contributed by atoms with E-state index in [0.717, 1.165) is 40.5 Å². The monoisotopic (exact) mass is 515 g/mol. The summed E-state index contributed by atoms with van der Waals surface area (Å²) in [6.45, 7) is 2.65. The molecule has 1 heterocycles. The molecule has 0 fully saturated rings. The highest BCUT2D eigenvalue weighted by Gasteiger charge is 2.31. The lowest BCUT2D eigenvalue weighted by Crippen LogP contribution is -2.14. The summed E-state index contributed by atoms with van der Waals surface area (Å²) in [5.74, 6) is 1.54. The van der Waals surface area contributed by atoms with Gasteiger partial charge in [-0.2, -0.15) is 0 Å². The van der Waals surface area contributed by atoms with Crippen molar-refractivity contribution in [2.75, 3.05) is 12.3 Å². The normalized spacial score (nSPS) is 16.1. The van der Waals surface area contributed by atoms with Crippen LogP contribution in [0.25, 0.3) is 21.9 Å². The fraction of sp³-hybridized carbons (Fsp3) is 0.241. The number of aromatic nitrogens is 1. The minimum absolute atomic E-state index is 0.0787. The number of Topliss-reactive ketones (excluding diaryl/α,β-unsaturated/α-hetero) is 1. The highest BCUT2D eigenvalue weighted by molar-refractivity contribution is 7.89. The van der Waals surface area contributed by atoms with Crippen LogP contribution in [0.1, 0.15) is 35.7 Å². The van der Waals surface area contributed by atoms with Crippen LogP contribution in [-0.2, 0) is 16.4 Å². The molecule has 0 saturated carbocycles. The Kier molecular flexibility index (Phi) is 6.70. The lowest BCUT2D eigenvalue weighted by Gasteiger charge is -2.15. The fourth-order valence-electron chi connectivity index (χ4n) is 5.00. The first kappa shape index (κ1) is 24.9. The van der Waals surface area contributed by atoms with E-state index in [2.05, 4.69) is 11.9 Å². The molecule has 1 aliphatic rings. The second-order valence-electron chi connectivity index (χ2n) is 9.75. The molecular formula is C29H29N3O4S. The number of carbonyl (C=O) groups excluding carboxylic acids is 1. The maximum absolute atomic E-state index is 13.1. The number of benzene rings is 3. The molecule has 2 atom stereocenters. The van der Waals surface area contributed by atoms with Crippen molar-refractivity contribution in [1.29, 1.82) is 0 Å². The SMILES string of the molecule is CC(CCC1Cc2cc(-c3ccccc3S(N)(=O)=O)ccc2C1=O)COc1ccc2ccnc(N)c2c1. The minimum Gasteiger partial charge on any atom is -0.493 e. The number of anilines is 1. The molecule has 4 N–H and O–H groups in total. The molecule has 4 aromatic rings. The van der Waals surface area contributed by atoms with Crippen molar-refractivity contribution in [3.8, 4) is 16.9 Å². The summed E-state index contributed by atoms with van der Waals surface area (Å²) in [7, 11) is -3.86. The lowest BCUT2D eigenvalue weighted by molar-refractivity contribution is 0.0924. The Balaban J connectivity index is 1.22. The second-order valence-corrected chi connectivity index (χ2v) is 11.3. The molecule has 0 spiro atoms. The second kappa shape index (κ2) is 9.95. The molecule has 3 aromatic carbocycles. The first-order valence-electron chi connectivity index (χ1n) is 12.3. The Hall–Kier alpha value is -3.75. The molecule has 37 heavy (non-hydrogen) atoms. The van der Waals surface area contributed by atoms with E-state index in [4.69, 9.17) is 15.6 Å². The number of sulfonamides is 1. The van der Waals surface area contributed by atoms with Crippen molar-refractivity contribution in [3.05, 3.63) is 84.1 Å². The molecule has 5 rings (SSSR count). The third-order valence-electron chi connectivity index (χ3n) is 7.02. The van der Waals surface area contributed by atoms with Crippen LogP contribution in [0.3, 0.4) is 0 Å². The van der Waals surface area contributed by atoms with E-state index in [9.17, 15) is 13.2 Å². The Morgan fingerprint density at radius 2 is 1.86 bits per heavy atom. The molecule has 0 radical (unpaired) electrons. The smallest absolute Gasteiger partial charge is 0.238 e. The summed E-state index contributed by atoms with van der Waals surface area (Å²) in [4.78, 5) is 17.3. The zero-order valence-corrected chi connectivity index (χ0v) is 21.4. The highest BCUT2D eigenvalue weighted by Crippen LogP contribution is 2.35. The molecule has 0 aliphatic heterocycles. The van der Waals surface area contributed by atoms with E-state index in [1.54, 1.807) is 36.5 Å². The number of nitrogens with zero attached hydrogens (tertiary/aromatic N) is 1. The van der Waals surface area contributed by atoms with E-state index in [1.807, 2.05) is 30.3 Å². The van der Waals surface area contributed by atoms with Crippen LogP contribution >= 0.6 is 0 Å². The number of fused-ring (bicyclic) bond motifs is 2. The molecule has 1 aromatic heterocycles. The van der Waals surface area contributed by atoms with Crippen molar-refractivity contribution >= 4 is 32.4 Å². The van der Waals surface area contributed by atoms with Gasteiger partial charge in [-0.15, -0.1) is 0 Å². The largest absolute Gasteiger partial charge is 0.493 e. The first-order valence-corrected chi connectivity index (χ1v) is 13.8. The van der Waals surface area contributed by atoms with Gasteiger partial charge in [0.1, 0.15) is 11.6 Å². The van der Waals surface area contributed by atoms with Crippen LogP contribution in [-0.4, -0.2) is 25.8 Å². The van der Waals surface area contributed by atoms with E-state index in [0.29, 0.717) is 30.0 Å². The first-order chi connectivity index (χ1) is 17.7. The Morgan fingerprint density at radius 1 is 1.05 bits per heavy atom. The van der Waals surface area contributed by atoms with Crippen molar-refractivity contribution < 1.29 is 17.9 Å². The summed E-state index contributed by atoms with van der Waals surface area (Å²) in [5.41, 5.74) is 8.93. The third-order valence-corrected chi connectivity index (χ3v) is 7.99. The molecule has 7 nitrogen and oxygen atoms in total. The summed E-state index contributed by atoms with van der Waals surface area (Å²) in [5, 5.41) is 7.30. The average molecular weight is 516 g/mol. The molecule has 2 unspecified atom stereocenters. The van der Waals surface area contributed by atoms with E-state index >= 15 is 0 Å². The molecule has 0 saturated heterocycles. The number of hydrogen-bond donors (Lipinski definition) is 2. The Bertz CT molecular complexity index is 1600. The Morgan fingerprint density at radius 3 is 2.68 bits per heavy atom. The van der Waals surface area contributed by atoms with Crippen molar-refractivity contribution in [2.24, 2.45) is 17.0 Å². The number of nitrogens with two attached hydrogens (primary N) is 2. The van der Waals surface area contributed by atoms with Gasteiger partial charge in [-0.1, -0.05) is 49.4 Å². The molecule has 0 bridgehead atoms. The lowest BCUT2D eigenvalue weighted by atomic mass is 9.94. The third kappa shape index (κ3) is 5.21. The fourth-order valence-corrected chi connectivity index (χ4v) is 5.76. The highest BCUT2D eigenvalue weighted by atomic mass is 32.2. The average Bonchev–Trinajstić information content (AvgIpc) is 3.20. The van der Waals surface area contributed by atoms with E-state index in [-0.39, 0.29) is 22.5 Å². The predicted molar refractivity (Wildman–Crippen MR) is 145 cm³/mol. The van der Waals surface area contributed by atoms with Gasteiger partial charge in [0.15, 0.2) is 5.78 Å². The number of ketones is 1. The van der Waals surface area contributed by atoms with E-state index < -0.39 is 10.0 Å². The van der Waals surface area contributed by atoms with Crippen molar-refractivity contribution in [1.82, 2.24) is 4.98 Å². The van der Waals surface area contributed by atoms with Crippen LogP contribution in [0.4, 0.5) is 5.82 Å². The molecule has 8 heteroatoms. The van der Waals surface area contributed by atoms with Crippen molar-refractivity contribution in [2.45, 2.75) is 31.1 Å². The molecule has 1 aliphatic carbocycles.